The van der Waals surface area contributed by atoms with E-state index < -0.39 is 5.97 Å². The van der Waals surface area contributed by atoms with Crippen molar-refractivity contribution < 1.29 is 19.1 Å². The van der Waals surface area contributed by atoms with Crippen LogP contribution in [0.5, 0.6) is 5.75 Å². The van der Waals surface area contributed by atoms with E-state index in [1.165, 1.54) is 25.2 Å². The quantitative estimate of drug-likeness (QED) is 0.633. The molecule has 0 atom stereocenters. The molecule has 19 heavy (non-hydrogen) atoms. The number of esters is 1. The summed E-state index contributed by atoms with van der Waals surface area (Å²) in [6.07, 6.45) is 0. The van der Waals surface area contributed by atoms with Gasteiger partial charge in [-0.05, 0) is 25.1 Å². The number of benzene rings is 1. The Morgan fingerprint density at radius 1 is 1.32 bits per heavy atom. The SMILES string of the molecule is CCN(CC(=O)OC)C(=O)c1cc(N)ccc1OC. The molecule has 104 valence electrons. The molecule has 0 aliphatic carbocycles. The summed E-state index contributed by atoms with van der Waals surface area (Å²) in [6, 6.07) is 4.79. The number of nitrogens with two attached hydrogens (primary N) is 1. The Kier molecular flexibility index (Phi) is 5.17. The molecule has 0 aromatic heterocycles. The number of anilines is 1. The zero-order valence-corrected chi connectivity index (χ0v) is 11.3. The van der Waals surface area contributed by atoms with Gasteiger partial charge < -0.3 is 20.1 Å². The molecule has 2 N–H and O–H groups in total. The summed E-state index contributed by atoms with van der Waals surface area (Å²) in [5.74, 6) is -0.377. The number of nitrogens with zero attached hydrogens (tertiary/aromatic N) is 1. The highest BCUT2D eigenvalue weighted by Gasteiger charge is 2.21. The highest BCUT2D eigenvalue weighted by atomic mass is 16.5. The Morgan fingerprint density at radius 3 is 2.53 bits per heavy atom. The molecular formula is C13H18N2O4. The fourth-order valence-electron chi connectivity index (χ4n) is 1.61. The van der Waals surface area contributed by atoms with Gasteiger partial charge in [-0.2, -0.15) is 0 Å². The third kappa shape index (κ3) is 3.61. The van der Waals surface area contributed by atoms with Crippen molar-refractivity contribution in [2.24, 2.45) is 0 Å². The molecule has 1 amide bonds. The molecule has 0 saturated heterocycles. The van der Waals surface area contributed by atoms with E-state index in [1.807, 2.05) is 0 Å². The number of hydrogen-bond acceptors (Lipinski definition) is 5. The lowest BCUT2D eigenvalue weighted by Gasteiger charge is -2.20. The Hall–Kier alpha value is -2.24. The molecule has 1 rings (SSSR count). The third-order valence-corrected chi connectivity index (χ3v) is 2.67. The predicted molar refractivity (Wildman–Crippen MR) is 71.0 cm³/mol. The van der Waals surface area contributed by atoms with Crippen LogP contribution in [0.2, 0.25) is 0 Å². The Morgan fingerprint density at radius 2 is 2.00 bits per heavy atom. The molecule has 0 unspecified atom stereocenters. The fraction of sp³-hybridized carbons (Fsp3) is 0.385. The maximum Gasteiger partial charge on any atom is 0.325 e. The molecule has 0 aliphatic heterocycles. The lowest BCUT2D eigenvalue weighted by atomic mass is 10.1. The van der Waals surface area contributed by atoms with Crippen molar-refractivity contribution >= 4 is 17.6 Å². The second-order valence-electron chi connectivity index (χ2n) is 3.86. The second-order valence-corrected chi connectivity index (χ2v) is 3.86. The van der Waals surface area contributed by atoms with Gasteiger partial charge in [-0.3, -0.25) is 9.59 Å². The van der Waals surface area contributed by atoms with E-state index >= 15 is 0 Å². The normalized spacial score (nSPS) is 9.84. The van der Waals surface area contributed by atoms with Crippen molar-refractivity contribution in [3.05, 3.63) is 23.8 Å². The number of likely N-dealkylation sites (N-methyl/N-ethyl adjacent to an activating group) is 1. The predicted octanol–water partition coefficient (Wildman–Crippen LogP) is 0.912. The van der Waals surface area contributed by atoms with Crippen LogP contribution in [0.25, 0.3) is 0 Å². The molecular weight excluding hydrogens is 248 g/mol. The smallest absolute Gasteiger partial charge is 0.325 e. The highest BCUT2D eigenvalue weighted by Crippen LogP contribution is 2.22. The number of carbonyl (C=O) groups is 2. The summed E-state index contributed by atoms with van der Waals surface area (Å²) in [7, 11) is 2.75. The van der Waals surface area contributed by atoms with Crippen molar-refractivity contribution in [3.63, 3.8) is 0 Å². The number of rotatable bonds is 5. The summed E-state index contributed by atoms with van der Waals surface area (Å²) >= 11 is 0. The Labute approximate surface area is 112 Å². The van der Waals surface area contributed by atoms with E-state index in [4.69, 9.17) is 10.5 Å². The van der Waals surface area contributed by atoms with E-state index in [0.29, 0.717) is 23.5 Å². The van der Waals surface area contributed by atoms with E-state index in [-0.39, 0.29) is 12.5 Å². The number of ether oxygens (including phenoxy) is 2. The average Bonchev–Trinajstić information content (AvgIpc) is 2.43. The van der Waals surface area contributed by atoms with Gasteiger partial charge in [0.25, 0.3) is 5.91 Å². The highest BCUT2D eigenvalue weighted by molar-refractivity contribution is 5.99. The zero-order chi connectivity index (χ0) is 14.4. The van der Waals surface area contributed by atoms with Gasteiger partial charge in [0, 0.05) is 12.2 Å². The first-order chi connectivity index (χ1) is 9.03. The van der Waals surface area contributed by atoms with Crippen LogP contribution in [0, 0.1) is 0 Å². The standard InChI is InChI=1S/C13H18N2O4/c1-4-15(8-12(16)19-3)13(17)10-7-9(14)5-6-11(10)18-2/h5-7H,4,8,14H2,1-3H3. The lowest BCUT2D eigenvalue weighted by Crippen LogP contribution is -2.36. The number of carbonyl (C=O) groups excluding carboxylic acids is 2. The van der Waals surface area contributed by atoms with Gasteiger partial charge in [0.05, 0.1) is 19.8 Å². The molecule has 0 fully saturated rings. The maximum atomic E-state index is 12.3. The van der Waals surface area contributed by atoms with Crippen LogP contribution in [0.4, 0.5) is 5.69 Å². The van der Waals surface area contributed by atoms with Crippen LogP contribution in [0.15, 0.2) is 18.2 Å². The minimum absolute atomic E-state index is 0.107. The summed E-state index contributed by atoms with van der Waals surface area (Å²) in [4.78, 5) is 25.0. The minimum atomic E-state index is -0.474. The topological polar surface area (TPSA) is 81.9 Å². The van der Waals surface area contributed by atoms with Crippen LogP contribution in [0.3, 0.4) is 0 Å². The monoisotopic (exact) mass is 266 g/mol. The first-order valence-corrected chi connectivity index (χ1v) is 5.83. The zero-order valence-electron chi connectivity index (χ0n) is 11.3. The number of amides is 1. The lowest BCUT2D eigenvalue weighted by molar-refractivity contribution is -0.141. The van der Waals surface area contributed by atoms with Crippen molar-refractivity contribution in [1.29, 1.82) is 0 Å². The molecule has 0 bridgehead atoms. The van der Waals surface area contributed by atoms with Gasteiger partial charge in [0.2, 0.25) is 0 Å². The van der Waals surface area contributed by atoms with E-state index in [0.717, 1.165) is 0 Å². The van der Waals surface area contributed by atoms with Gasteiger partial charge in [-0.1, -0.05) is 0 Å². The van der Waals surface area contributed by atoms with E-state index in [1.54, 1.807) is 19.1 Å². The molecule has 0 aliphatic rings. The van der Waals surface area contributed by atoms with Crippen molar-refractivity contribution in [2.75, 3.05) is 33.0 Å². The van der Waals surface area contributed by atoms with Crippen molar-refractivity contribution in [3.8, 4) is 5.75 Å². The molecule has 6 heteroatoms. The summed E-state index contributed by atoms with van der Waals surface area (Å²) in [5.41, 5.74) is 6.45. The number of methoxy groups -OCH3 is 2. The number of hydrogen-bond donors (Lipinski definition) is 1. The number of nitrogen functional groups attached to an aromatic ring is 1. The van der Waals surface area contributed by atoms with Crippen LogP contribution in [0.1, 0.15) is 17.3 Å². The van der Waals surface area contributed by atoms with E-state index in [2.05, 4.69) is 4.74 Å². The molecule has 1 aromatic rings. The van der Waals surface area contributed by atoms with Gasteiger partial charge in [-0.25, -0.2) is 0 Å². The molecule has 0 radical (unpaired) electrons. The fourth-order valence-corrected chi connectivity index (χ4v) is 1.61. The van der Waals surface area contributed by atoms with Crippen LogP contribution in [-0.2, 0) is 9.53 Å². The molecule has 0 spiro atoms. The van der Waals surface area contributed by atoms with Crippen LogP contribution in [-0.4, -0.2) is 44.1 Å². The largest absolute Gasteiger partial charge is 0.496 e. The summed E-state index contributed by atoms with van der Waals surface area (Å²) in [6.45, 7) is 2.05. The first kappa shape index (κ1) is 14.8. The first-order valence-electron chi connectivity index (χ1n) is 5.83. The van der Waals surface area contributed by atoms with Gasteiger partial charge in [0.1, 0.15) is 12.3 Å². The summed E-state index contributed by atoms with van der Waals surface area (Å²) < 4.78 is 9.69. The average molecular weight is 266 g/mol. The summed E-state index contributed by atoms with van der Waals surface area (Å²) in [5, 5.41) is 0. The molecule has 0 heterocycles. The Balaban J connectivity index is 3.03. The van der Waals surface area contributed by atoms with Crippen molar-refractivity contribution in [2.45, 2.75) is 6.92 Å². The van der Waals surface area contributed by atoms with Gasteiger partial charge in [0.15, 0.2) is 0 Å². The second kappa shape index (κ2) is 6.63. The minimum Gasteiger partial charge on any atom is -0.496 e. The van der Waals surface area contributed by atoms with Gasteiger partial charge >= 0.3 is 5.97 Å². The Bertz CT molecular complexity index is 474. The third-order valence-electron chi connectivity index (χ3n) is 2.67. The van der Waals surface area contributed by atoms with Gasteiger partial charge in [-0.15, -0.1) is 0 Å². The van der Waals surface area contributed by atoms with Crippen molar-refractivity contribution in [1.82, 2.24) is 4.90 Å². The molecule has 1 aromatic carbocycles. The van der Waals surface area contributed by atoms with Crippen LogP contribution >= 0.6 is 0 Å². The molecule has 6 nitrogen and oxygen atoms in total. The van der Waals surface area contributed by atoms with E-state index in [9.17, 15) is 9.59 Å². The molecule has 0 saturated carbocycles. The maximum absolute atomic E-state index is 12.3. The van der Waals surface area contributed by atoms with Crippen LogP contribution < -0.4 is 10.5 Å².